The molecule has 0 radical (unpaired) electrons. The summed E-state index contributed by atoms with van der Waals surface area (Å²) in [5.74, 6) is 0.858. The maximum absolute atomic E-state index is 5.83. The van der Waals surface area contributed by atoms with Crippen molar-refractivity contribution in [3.63, 3.8) is 0 Å². The highest BCUT2D eigenvalue weighted by atomic mass is 32.2. The second kappa shape index (κ2) is 6.42. The number of methoxy groups -OCH3 is 1. The number of hydrogen-bond donors (Lipinski definition) is 1. The maximum atomic E-state index is 5.83. The number of nitrogens with two attached hydrogens (primary N) is 1. The summed E-state index contributed by atoms with van der Waals surface area (Å²) >= 11 is 1.70. The van der Waals surface area contributed by atoms with Gasteiger partial charge in [-0.25, -0.2) is 0 Å². The van der Waals surface area contributed by atoms with E-state index in [0.717, 1.165) is 16.3 Å². The Kier molecular flexibility index (Phi) is 4.61. The predicted molar refractivity (Wildman–Crippen MR) is 74.9 cm³/mol. The van der Waals surface area contributed by atoms with Gasteiger partial charge in [0.15, 0.2) is 0 Å². The molecule has 1 aromatic heterocycles. The Morgan fingerprint density at radius 1 is 1.28 bits per heavy atom. The monoisotopic (exact) mass is 260 g/mol. The number of rotatable bonds is 5. The van der Waals surface area contributed by atoms with E-state index in [1.165, 1.54) is 0 Å². The zero-order valence-corrected chi connectivity index (χ0v) is 11.1. The van der Waals surface area contributed by atoms with Crippen LogP contribution in [0.25, 0.3) is 0 Å². The van der Waals surface area contributed by atoms with E-state index in [0.29, 0.717) is 6.54 Å². The fourth-order valence-corrected chi connectivity index (χ4v) is 2.66. The van der Waals surface area contributed by atoms with Crippen LogP contribution in [0.3, 0.4) is 0 Å². The van der Waals surface area contributed by atoms with E-state index in [1.54, 1.807) is 25.1 Å². The first-order chi connectivity index (χ1) is 8.83. The number of thioether (sulfide) groups is 1. The molecule has 4 heteroatoms. The van der Waals surface area contributed by atoms with Crippen molar-refractivity contribution in [2.24, 2.45) is 5.73 Å². The second-order valence-electron chi connectivity index (χ2n) is 3.78. The smallest absolute Gasteiger partial charge is 0.119 e. The summed E-state index contributed by atoms with van der Waals surface area (Å²) in [7, 11) is 1.67. The van der Waals surface area contributed by atoms with E-state index in [4.69, 9.17) is 10.5 Å². The van der Waals surface area contributed by atoms with Crippen LogP contribution in [0.15, 0.2) is 53.6 Å². The Bertz CT molecular complexity index is 490. The molecular weight excluding hydrogens is 244 g/mol. The van der Waals surface area contributed by atoms with Crippen molar-refractivity contribution in [2.75, 3.05) is 13.7 Å². The first-order valence-corrected chi connectivity index (χ1v) is 6.63. The van der Waals surface area contributed by atoms with Gasteiger partial charge in [0, 0.05) is 17.6 Å². The minimum absolute atomic E-state index is 0.165. The van der Waals surface area contributed by atoms with Crippen molar-refractivity contribution in [3.8, 4) is 5.75 Å². The van der Waals surface area contributed by atoms with Crippen molar-refractivity contribution in [1.82, 2.24) is 4.98 Å². The van der Waals surface area contributed by atoms with Crippen LogP contribution in [-0.4, -0.2) is 18.6 Å². The first-order valence-electron chi connectivity index (χ1n) is 5.75. The zero-order chi connectivity index (χ0) is 12.8. The van der Waals surface area contributed by atoms with Gasteiger partial charge in [0.25, 0.3) is 0 Å². The van der Waals surface area contributed by atoms with E-state index < -0.39 is 0 Å². The molecular formula is C14H16N2OS. The lowest BCUT2D eigenvalue weighted by atomic mass is 10.3. The van der Waals surface area contributed by atoms with Crippen LogP contribution in [0.2, 0.25) is 0 Å². The summed E-state index contributed by atoms with van der Waals surface area (Å²) in [5, 5.41) is 0.165. The zero-order valence-electron chi connectivity index (χ0n) is 10.2. The van der Waals surface area contributed by atoms with Crippen LogP contribution in [0.5, 0.6) is 5.75 Å². The summed E-state index contributed by atoms with van der Waals surface area (Å²) in [6.07, 6.45) is 1.80. The quantitative estimate of drug-likeness (QED) is 0.840. The van der Waals surface area contributed by atoms with Crippen molar-refractivity contribution in [2.45, 2.75) is 10.1 Å². The summed E-state index contributed by atoms with van der Waals surface area (Å²) in [6, 6.07) is 13.9. The highest BCUT2D eigenvalue weighted by Gasteiger charge is 2.12. The molecule has 1 aromatic carbocycles. The number of ether oxygens (including phenoxy) is 1. The lowest BCUT2D eigenvalue weighted by Gasteiger charge is -2.14. The third-order valence-electron chi connectivity index (χ3n) is 2.55. The van der Waals surface area contributed by atoms with Crippen molar-refractivity contribution >= 4 is 11.8 Å². The lowest BCUT2D eigenvalue weighted by molar-refractivity contribution is 0.413. The standard InChI is InChI=1S/C14H16N2OS/c1-17-11-5-4-6-12(9-11)18-14(10-15)13-7-2-3-8-16-13/h2-9,14H,10,15H2,1H3. The van der Waals surface area contributed by atoms with Crippen LogP contribution in [0.1, 0.15) is 10.9 Å². The average Bonchev–Trinajstić information content (AvgIpc) is 2.46. The molecule has 0 fully saturated rings. The van der Waals surface area contributed by atoms with Crippen molar-refractivity contribution < 1.29 is 4.74 Å². The van der Waals surface area contributed by atoms with Gasteiger partial charge in [-0.05, 0) is 30.3 Å². The average molecular weight is 260 g/mol. The molecule has 3 nitrogen and oxygen atoms in total. The molecule has 1 atom stereocenters. The van der Waals surface area contributed by atoms with E-state index in [9.17, 15) is 0 Å². The molecule has 1 heterocycles. The summed E-state index contributed by atoms with van der Waals surface area (Å²) < 4.78 is 5.22. The van der Waals surface area contributed by atoms with Crippen molar-refractivity contribution in [3.05, 3.63) is 54.4 Å². The Labute approximate surface area is 111 Å². The van der Waals surface area contributed by atoms with Gasteiger partial charge in [0.05, 0.1) is 18.1 Å². The largest absolute Gasteiger partial charge is 0.497 e. The third-order valence-corrected chi connectivity index (χ3v) is 3.80. The molecule has 0 bridgehead atoms. The van der Waals surface area contributed by atoms with Crippen molar-refractivity contribution in [1.29, 1.82) is 0 Å². The molecule has 2 aromatic rings. The van der Waals surface area contributed by atoms with E-state index in [-0.39, 0.29) is 5.25 Å². The highest BCUT2D eigenvalue weighted by molar-refractivity contribution is 7.99. The number of nitrogens with zero attached hydrogens (tertiary/aromatic N) is 1. The van der Waals surface area contributed by atoms with Crippen LogP contribution in [-0.2, 0) is 0 Å². The molecule has 94 valence electrons. The molecule has 1 unspecified atom stereocenters. The molecule has 0 amide bonds. The minimum atomic E-state index is 0.165. The first kappa shape index (κ1) is 12.9. The second-order valence-corrected chi connectivity index (χ2v) is 5.05. The molecule has 18 heavy (non-hydrogen) atoms. The summed E-state index contributed by atoms with van der Waals surface area (Å²) in [6.45, 7) is 0.554. The summed E-state index contributed by atoms with van der Waals surface area (Å²) in [4.78, 5) is 5.49. The van der Waals surface area contributed by atoms with Gasteiger partial charge in [0.1, 0.15) is 5.75 Å². The molecule has 0 spiro atoms. The van der Waals surface area contributed by atoms with Crippen LogP contribution < -0.4 is 10.5 Å². The SMILES string of the molecule is COc1cccc(SC(CN)c2ccccn2)c1. The van der Waals surface area contributed by atoms with Gasteiger partial charge in [-0.15, -0.1) is 11.8 Å². The van der Waals surface area contributed by atoms with E-state index in [2.05, 4.69) is 11.1 Å². The molecule has 0 aliphatic carbocycles. The molecule has 0 saturated carbocycles. The third kappa shape index (κ3) is 3.24. The normalized spacial score (nSPS) is 12.1. The predicted octanol–water partition coefficient (Wildman–Crippen LogP) is 2.88. The Hall–Kier alpha value is -1.52. The van der Waals surface area contributed by atoms with Crippen LogP contribution in [0.4, 0.5) is 0 Å². The van der Waals surface area contributed by atoms with Gasteiger partial charge < -0.3 is 10.5 Å². The van der Waals surface area contributed by atoms with Gasteiger partial charge in [-0.1, -0.05) is 12.1 Å². The van der Waals surface area contributed by atoms with Gasteiger partial charge in [-0.3, -0.25) is 4.98 Å². The molecule has 0 saturated heterocycles. The Morgan fingerprint density at radius 3 is 2.83 bits per heavy atom. The van der Waals surface area contributed by atoms with Gasteiger partial charge in [0.2, 0.25) is 0 Å². The van der Waals surface area contributed by atoms with Crippen LogP contribution in [0, 0.1) is 0 Å². The topological polar surface area (TPSA) is 48.1 Å². The fraction of sp³-hybridized carbons (Fsp3) is 0.214. The van der Waals surface area contributed by atoms with E-state index >= 15 is 0 Å². The van der Waals surface area contributed by atoms with Gasteiger partial charge in [-0.2, -0.15) is 0 Å². The summed E-state index contributed by atoms with van der Waals surface area (Å²) in [5.41, 5.74) is 6.84. The highest BCUT2D eigenvalue weighted by Crippen LogP contribution is 2.34. The molecule has 0 aliphatic heterocycles. The van der Waals surface area contributed by atoms with Gasteiger partial charge >= 0.3 is 0 Å². The minimum Gasteiger partial charge on any atom is -0.497 e. The van der Waals surface area contributed by atoms with Crippen LogP contribution >= 0.6 is 11.8 Å². The Balaban J connectivity index is 2.15. The maximum Gasteiger partial charge on any atom is 0.119 e. The molecule has 0 aliphatic rings. The fourth-order valence-electron chi connectivity index (χ4n) is 1.63. The Morgan fingerprint density at radius 2 is 2.17 bits per heavy atom. The molecule has 2 N–H and O–H groups in total. The van der Waals surface area contributed by atoms with E-state index in [1.807, 2.05) is 36.4 Å². The number of benzene rings is 1. The number of hydrogen-bond acceptors (Lipinski definition) is 4. The number of pyridine rings is 1. The lowest BCUT2D eigenvalue weighted by Crippen LogP contribution is -2.10. The number of aromatic nitrogens is 1. The molecule has 2 rings (SSSR count).